The first-order valence-corrected chi connectivity index (χ1v) is 15.7. The molecule has 0 amide bonds. The Balaban J connectivity index is 0.000000153. The Morgan fingerprint density at radius 3 is 1.56 bits per heavy atom. The lowest BCUT2D eigenvalue weighted by atomic mass is 9.97. The number of rotatable bonds is 8. The summed E-state index contributed by atoms with van der Waals surface area (Å²) in [5.41, 5.74) is 1.62. The Bertz CT molecular complexity index is 1210. The topological polar surface area (TPSA) is 112 Å². The molecule has 9 heteroatoms. The van der Waals surface area contributed by atoms with E-state index in [9.17, 15) is 19.8 Å². The van der Waals surface area contributed by atoms with Crippen molar-refractivity contribution in [2.24, 2.45) is 0 Å². The van der Waals surface area contributed by atoms with E-state index >= 15 is 0 Å². The van der Waals surface area contributed by atoms with Gasteiger partial charge in [0.25, 0.3) is 0 Å². The average molecular weight is 593 g/mol. The molecule has 0 saturated carbocycles. The quantitative estimate of drug-likeness (QED) is 0.353. The second kappa shape index (κ2) is 13.0. The number of morpholine rings is 1. The average Bonchev–Trinajstić information content (AvgIpc) is 3.75. The minimum atomic E-state index is -0.593. The Morgan fingerprint density at radius 1 is 0.721 bits per heavy atom. The van der Waals surface area contributed by atoms with E-state index in [1.165, 1.54) is 12.8 Å². The zero-order chi connectivity index (χ0) is 30.1. The van der Waals surface area contributed by atoms with E-state index in [0.29, 0.717) is 36.4 Å². The molecule has 0 radical (unpaired) electrons. The van der Waals surface area contributed by atoms with Gasteiger partial charge in [0, 0.05) is 37.0 Å². The van der Waals surface area contributed by atoms with Gasteiger partial charge in [-0.2, -0.15) is 0 Å². The second-order valence-corrected chi connectivity index (χ2v) is 12.8. The van der Waals surface area contributed by atoms with Crippen molar-refractivity contribution in [1.82, 2.24) is 9.80 Å². The van der Waals surface area contributed by atoms with Crippen LogP contribution in [0, 0.1) is 0 Å². The molecule has 0 spiro atoms. The van der Waals surface area contributed by atoms with Crippen molar-refractivity contribution in [3.05, 3.63) is 71.8 Å². The fourth-order valence-corrected chi connectivity index (χ4v) is 7.75. The van der Waals surface area contributed by atoms with Gasteiger partial charge < -0.3 is 29.3 Å². The molecule has 232 valence electrons. The predicted molar refractivity (Wildman–Crippen MR) is 159 cm³/mol. The fraction of sp³-hybridized carbons (Fsp3) is 0.588. The van der Waals surface area contributed by atoms with E-state index in [1.54, 1.807) is 0 Å². The molecule has 5 aliphatic rings. The highest BCUT2D eigenvalue weighted by Gasteiger charge is 2.62. The van der Waals surface area contributed by atoms with E-state index < -0.39 is 11.8 Å². The number of hydrogen-bond acceptors (Lipinski definition) is 9. The third-order valence-corrected chi connectivity index (χ3v) is 10.3. The molecule has 9 nitrogen and oxygen atoms in total. The van der Waals surface area contributed by atoms with Crippen LogP contribution in [0.15, 0.2) is 60.7 Å². The predicted octanol–water partition coefficient (Wildman–Crippen LogP) is 2.85. The maximum Gasteiger partial charge on any atom is 0.316 e. The third-order valence-electron chi connectivity index (χ3n) is 10.3. The molecule has 5 heterocycles. The standard InChI is InChI=1S/C17H21NO4.C17H23NO3/c1-18-13-7-11(8-14(18)16-15(13)22-16)21-17(20)12(9-19)10-5-3-2-4-6-10;1-18-13-7-8-14(18)10-15(9-13)21-17(20)16(11-19)12-5-3-2-4-6-12/h2-6,11-16,19H,7-9H2,1H3;2-6,13-16,19H,7-11H2,1H3/t11?,12?,13?,14?,15-,16?;13-,14?,15?,16?/m11/s1. The monoisotopic (exact) mass is 592 g/mol. The van der Waals surface area contributed by atoms with Crippen LogP contribution < -0.4 is 0 Å². The molecule has 0 aliphatic carbocycles. The SMILES string of the molecule is CN1C2CC(OC(=O)C(CO)c3ccccc3)CC1[C@H]1OC21.CN1C2CC[C@@H]1CC(OC(=O)C(CO)c1ccccc1)C2. The summed E-state index contributed by atoms with van der Waals surface area (Å²) in [6.45, 7) is -0.432. The number of benzene rings is 2. The molecule has 2 N–H and O–H groups in total. The highest BCUT2D eigenvalue weighted by atomic mass is 16.6. The Kier molecular flexibility index (Phi) is 9.16. The van der Waals surface area contributed by atoms with E-state index in [0.717, 1.165) is 36.8 Å². The third kappa shape index (κ3) is 6.37. The Hall–Kier alpha value is -2.82. The number of fused-ring (bicyclic) bond motifs is 7. The largest absolute Gasteiger partial charge is 0.462 e. The van der Waals surface area contributed by atoms with Crippen molar-refractivity contribution in [3.63, 3.8) is 0 Å². The van der Waals surface area contributed by atoms with Crippen molar-refractivity contribution in [1.29, 1.82) is 0 Å². The molecular formula is C34H44N2O7. The van der Waals surface area contributed by atoms with Gasteiger partial charge in [0.1, 0.15) is 36.3 Å². The molecule has 5 saturated heterocycles. The van der Waals surface area contributed by atoms with Crippen molar-refractivity contribution in [2.75, 3.05) is 27.3 Å². The number of aliphatic hydroxyl groups is 2. The molecular weight excluding hydrogens is 548 g/mol. The molecule has 8 unspecified atom stereocenters. The summed E-state index contributed by atoms with van der Waals surface area (Å²) in [6, 6.07) is 20.5. The summed E-state index contributed by atoms with van der Waals surface area (Å²) in [4.78, 5) is 29.6. The van der Waals surface area contributed by atoms with Crippen LogP contribution in [0.4, 0.5) is 0 Å². The van der Waals surface area contributed by atoms with Gasteiger partial charge in [-0.1, -0.05) is 60.7 Å². The van der Waals surface area contributed by atoms with Gasteiger partial charge in [0.2, 0.25) is 0 Å². The first kappa shape index (κ1) is 30.2. The molecule has 43 heavy (non-hydrogen) atoms. The maximum atomic E-state index is 12.4. The van der Waals surface area contributed by atoms with Crippen molar-refractivity contribution >= 4 is 11.9 Å². The van der Waals surface area contributed by atoms with Crippen molar-refractivity contribution in [3.8, 4) is 0 Å². The van der Waals surface area contributed by atoms with Crippen LogP contribution in [-0.4, -0.2) is 108 Å². The number of esters is 2. The molecule has 7 rings (SSSR count). The van der Waals surface area contributed by atoms with Gasteiger partial charge in [-0.15, -0.1) is 0 Å². The van der Waals surface area contributed by atoms with Crippen LogP contribution in [0.3, 0.4) is 0 Å². The van der Waals surface area contributed by atoms with Crippen LogP contribution in [0.25, 0.3) is 0 Å². The Morgan fingerprint density at radius 2 is 1.14 bits per heavy atom. The summed E-state index contributed by atoms with van der Waals surface area (Å²) in [7, 11) is 4.30. The van der Waals surface area contributed by atoms with Gasteiger partial charge in [0.05, 0.1) is 13.2 Å². The van der Waals surface area contributed by atoms with Crippen LogP contribution in [0.1, 0.15) is 61.5 Å². The normalized spacial score (nSPS) is 33.9. The lowest BCUT2D eigenvalue weighted by Crippen LogP contribution is -2.48. The number of carbonyl (C=O) groups is 2. The first-order valence-electron chi connectivity index (χ1n) is 15.7. The number of carbonyl (C=O) groups excluding carboxylic acids is 2. The summed E-state index contributed by atoms with van der Waals surface area (Å²) >= 11 is 0. The number of nitrogens with zero attached hydrogens (tertiary/aromatic N) is 2. The summed E-state index contributed by atoms with van der Waals surface area (Å²) in [5.74, 6) is -1.78. The number of epoxide rings is 1. The molecule has 2 aromatic rings. The van der Waals surface area contributed by atoms with E-state index in [1.807, 2.05) is 60.7 Å². The van der Waals surface area contributed by atoms with Crippen LogP contribution in [0.5, 0.6) is 0 Å². The highest BCUT2D eigenvalue weighted by Crippen LogP contribution is 2.48. The Labute approximate surface area is 253 Å². The summed E-state index contributed by atoms with van der Waals surface area (Å²) in [5, 5.41) is 19.1. The lowest BCUT2D eigenvalue weighted by molar-refractivity contribution is -0.157. The number of ether oxygens (including phenoxy) is 3. The molecule has 5 aliphatic heterocycles. The second-order valence-electron chi connectivity index (χ2n) is 12.8. The fourth-order valence-electron chi connectivity index (χ4n) is 7.75. The number of aliphatic hydroxyl groups excluding tert-OH is 2. The van der Waals surface area contributed by atoms with E-state index in [2.05, 4.69) is 23.9 Å². The molecule has 0 aromatic heterocycles. The number of hydrogen-bond donors (Lipinski definition) is 2. The van der Waals surface area contributed by atoms with E-state index in [4.69, 9.17) is 14.2 Å². The first-order chi connectivity index (χ1) is 20.9. The zero-order valence-electron chi connectivity index (χ0n) is 25.0. The zero-order valence-corrected chi connectivity index (χ0v) is 25.0. The minimum absolute atomic E-state index is 0.00367. The van der Waals surface area contributed by atoms with Gasteiger partial charge >= 0.3 is 11.9 Å². The van der Waals surface area contributed by atoms with Gasteiger partial charge in [0.15, 0.2) is 0 Å². The van der Waals surface area contributed by atoms with E-state index in [-0.39, 0.29) is 37.4 Å². The number of piperidine rings is 2. The van der Waals surface area contributed by atoms with Crippen LogP contribution in [0.2, 0.25) is 0 Å². The lowest BCUT2D eigenvalue weighted by Gasteiger charge is -2.38. The van der Waals surface area contributed by atoms with Crippen LogP contribution in [-0.2, 0) is 23.8 Å². The molecule has 2 aromatic carbocycles. The molecule has 5 fully saturated rings. The minimum Gasteiger partial charge on any atom is -0.462 e. The molecule has 4 bridgehead atoms. The summed E-state index contributed by atoms with van der Waals surface area (Å²) in [6.07, 6.45) is 6.52. The van der Waals surface area contributed by atoms with Crippen molar-refractivity contribution < 1.29 is 34.0 Å². The van der Waals surface area contributed by atoms with Crippen molar-refractivity contribution in [2.45, 2.75) is 98.9 Å². The smallest absolute Gasteiger partial charge is 0.316 e. The maximum absolute atomic E-state index is 12.4. The van der Waals surface area contributed by atoms with Gasteiger partial charge in [-0.25, -0.2) is 0 Å². The van der Waals surface area contributed by atoms with Gasteiger partial charge in [-0.05, 0) is 50.9 Å². The van der Waals surface area contributed by atoms with Gasteiger partial charge in [-0.3, -0.25) is 14.5 Å². The highest BCUT2D eigenvalue weighted by molar-refractivity contribution is 5.79. The summed E-state index contributed by atoms with van der Waals surface area (Å²) < 4.78 is 17.1. The number of likely N-dealkylation sites (N-methyl/N-ethyl adjacent to an activating group) is 1. The van der Waals surface area contributed by atoms with Crippen LogP contribution >= 0.6 is 0 Å². The molecule has 10 atom stereocenters.